The van der Waals surface area contributed by atoms with Crippen LogP contribution < -0.4 is 5.73 Å². The lowest BCUT2D eigenvalue weighted by Gasteiger charge is -2.07. The lowest BCUT2D eigenvalue weighted by atomic mass is 10.2. The third kappa shape index (κ3) is 1.97. The molecule has 3 aromatic rings. The summed E-state index contributed by atoms with van der Waals surface area (Å²) in [6.07, 6.45) is 3.34. The number of benzene rings is 1. The molecule has 0 atom stereocenters. The number of aromatic hydroxyl groups is 1. The number of anilines is 1. The van der Waals surface area contributed by atoms with Crippen molar-refractivity contribution in [3.8, 4) is 22.7 Å². The van der Waals surface area contributed by atoms with Crippen LogP contribution in [0.15, 0.2) is 42.7 Å². The van der Waals surface area contributed by atoms with Gasteiger partial charge in [0.25, 0.3) is 0 Å². The molecule has 0 radical (unpaired) electrons. The summed E-state index contributed by atoms with van der Waals surface area (Å²) in [5.74, 6) is 0.462. The zero-order chi connectivity index (χ0) is 14.1. The molecule has 0 spiro atoms. The van der Waals surface area contributed by atoms with Gasteiger partial charge in [-0.15, -0.1) is 5.10 Å². The fraction of sp³-hybridized carbons (Fsp3) is 0.0714. The highest BCUT2D eigenvalue weighted by molar-refractivity contribution is 5.70. The Balaban J connectivity index is 2.14. The maximum absolute atomic E-state index is 9.94. The summed E-state index contributed by atoms with van der Waals surface area (Å²) in [5, 5.41) is 18.0. The number of aromatic nitrogens is 4. The van der Waals surface area contributed by atoms with Gasteiger partial charge in [-0.05, 0) is 36.8 Å². The van der Waals surface area contributed by atoms with E-state index in [1.807, 2.05) is 19.1 Å². The number of nitrogens with zero attached hydrogens (tertiary/aromatic N) is 4. The largest absolute Gasteiger partial charge is 0.506 e. The van der Waals surface area contributed by atoms with E-state index in [1.165, 1.54) is 4.68 Å². The SMILES string of the molecule is Cc1ccc(O)c(-n2nnc(-c3cccnc3)c2N)c1. The molecule has 2 aromatic heterocycles. The molecule has 0 aliphatic carbocycles. The molecule has 6 nitrogen and oxygen atoms in total. The van der Waals surface area contributed by atoms with E-state index in [1.54, 1.807) is 30.6 Å². The van der Waals surface area contributed by atoms with Crippen LogP contribution in [0.25, 0.3) is 16.9 Å². The second-order valence-corrected chi connectivity index (χ2v) is 4.47. The second-order valence-electron chi connectivity index (χ2n) is 4.47. The van der Waals surface area contributed by atoms with Crippen molar-refractivity contribution < 1.29 is 5.11 Å². The van der Waals surface area contributed by atoms with Gasteiger partial charge in [0.2, 0.25) is 0 Å². The topological polar surface area (TPSA) is 89.8 Å². The number of hydrogen-bond acceptors (Lipinski definition) is 5. The molecule has 0 bridgehead atoms. The normalized spacial score (nSPS) is 10.7. The van der Waals surface area contributed by atoms with Gasteiger partial charge in [0.1, 0.15) is 17.1 Å². The highest BCUT2D eigenvalue weighted by Crippen LogP contribution is 2.28. The Morgan fingerprint density at radius 2 is 2.10 bits per heavy atom. The van der Waals surface area contributed by atoms with E-state index in [9.17, 15) is 5.11 Å². The number of hydrogen-bond donors (Lipinski definition) is 2. The Hall–Kier alpha value is -2.89. The van der Waals surface area contributed by atoms with Crippen molar-refractivity contribution in [3.63, 3.8) is 0 Å². The minimum atomic E-state index is 0.102. The van der Waals surface area contributed by atoms with E-state index in [0.29, 0.717) is 17.2 Å². The highest BCUT2D eigenvalue weighted by Gasteiger charge is 2.15. The molecule has 0 saturated heterocycles. The minimum Gasteiger partial charge on any atom is -0.506 e. The number of rotatable bonds is 2. The molecule has 0 fully saturated rings. The quantitative estimate of drug-likeness (QED) is 0.740. The van der Waals surface area contributed by atoms with Crippen molar-refractivity contribution in [1.29, 1.82) is 0 Å². The van der Waals surface area contributed by atoms with Gasteiger partial charge in [-0.25, -0.2) is 0 Å². The molecule has 0 unspecified atom stereocenters. The van der Waals surface area contributed by atoms with Crippen molar-refractivity contribution >= 4 is 5.82 Å². The van der Waals surface area contributed by atoms with Gasteiger partial charge in [-0.1, -0.05) is 11.3 Å². The molecule has 0 saturated carbocycles. The third-order valence-electron chi connectivity index (χ3n) is 3.00. The molecule has 20 heavy (non-hydrogen) atoms. The summed E-state index contributed by atoms with van der Waals surface area (Å²) in [6.45, 7) is 1.93. The number of nitrogens with two attached hydrogens (primary N) is 1. The monoisotopic (exact) mass is 267 g/mol. The van der Waals surface area contributed by atoms with E-state index in [-0.39, 0.29) is 5.75 Å². The van der Waals surface area contributed by atoms with Crippen LogP contribution in [0, 0.1) is 6.92 Å². The summed E-state index contributed by atoms with van der Waals surface area (Å²) < 4.78 is 1.42. The third-order valence-corrected chi connectivity index (χ3v) is 3.00. The number of nitrogen functional groups attached to an aromatic ring is 1. The predicted molar refractivity (Wildman–Crippen MR) is 75.4 cm³/mol. The van der Waals surface area contributed by atoms with Crippen LogP contribution in [-0.4, -0.2) is 25.1 Å². The lowest BCUT2D eigenvalue weighted by Crippen LogP contribution is -2.03. The summed E-state index contributed by atoms with van der Waals surface area (Å²) in [4.78, 5) is 4.03. The van der Waals surface area contributed by atoms with Crippen LogP contribution in [0.3, 0.4) is 0 Å². The first-order chi connectivity index (χ1) is 9.66. The molecule has 6 heteroatoms. The maximum atomic E-state index is 9.94. The number of phenols is 1. The number of aryl methyl sites for hydroxylation is 1. The van der Waals surface area contributed by atoms with Crippen LogP contribution in [0.1, 0.15) is 5.56 Å². The Bertz CT molecular complexity index is 752. The summed E-state index contributed by atoms with van der Waals surface area (Å²) >= 11 is 0. The Morgan fingerprint density at radius 3 is 2.85 bits per heavy atom. The highest BCUT2D eigenvalue weighted by atomic mass is 16.3. The van der Waals surface area contributed by atoms with Crippen LogP contribution in [0.5, 0.6) is 5.75 Å². The average molecular weight is 267 g/mol. The van der Waals surface area contributed by atoms with E-state index in [4.69, 9.17) is 5.73 Å². The summed E-state index contributed by atoms with van der Waals surface area (Å²) in [6, 6.07) is 8.88. The molecule has 0 aliphatic rings. The molecule has 1 aromatic carbocycles. The first kappa shape index (κ1) is 12.2. The van der Waals surface area contributed by atoms with Crippen molar-refractivity contribution in [1.82, 2.24) is 20.0 Å². The fourth-order valence-corrected chi connectivity index (χ4v) is 1.98. The van der Waals surface area contributed by atoms with Gasteiger partial charge in [0.05, 0.1) is 0 Å². The molecular formula is C14H13N5O. The first-order valence-electron chi connectivity index (χ1n) is 6.08. The van der Waals surface area contributed by atoms with Crippen LogP contribution in [0.4, 0.5) is 5.82 Å². The molecule has 3 rings (SSSR count). The smallest absolute Gasteiger partial charge is 0.156 e. The van der Waals surface area contributed by atoms with Gasteiger partial charge < -0.3 is 10.8 Å². The van der Waals surface area contributed by atoms with E-state index in [2.05, 4.69) is 15.3 Å². The van der Waals surface area contributed by atoms with Crippen LogP contribution in [-0.2, 0) is 0 Å². The van der Waals surface area contributed by atoms with E-state index >= 15 is 0 Å². The summed E-state index contributed by atoms with van der Waals surface area (Å²) in [7, 11) is 0. The first-order valence-corrected chi connectivity index (χ1v) is 6.08. The lowest BCUT2D eigenvalue weighted by molar-refractivity contribution is 0.470. The number of phenolic OH excluding ortho intramolecular Hbond substituents is 1. The van der Waals surface area contributed by atoms with Gasteiger partial charge in [0, 0.05) is 18.0 Å². The van der Waals surface area contributed by atoms with E-state index in [0.717, 1.165) is 11.1 Å². The van der Waals surface area contributed by atoms with Crippen molar-refractivity contribution in [2.24, 2.45) is 0 Å². The van der Waals surface area contributed by atoms with Crippen LogP contribution in [0.2, 0.25) is 0 Å². The average Bonchev–Trinajstić information content (AvgIpc) is 2.84. The predicted octanol–water partition coefficient (Wildman–Crippen LogP) is 1.93. The van der Waals surface area contributed by atoms with Crippen molar-refractivity contribution in [3.05, 3.63) is 48.3 Å². The zero-order valence-electron chi connectivity index (χ0n) is 10.9. The van der Waals surface area contributed by atoms with Crippen molar-refractivity contribution in [2.45, 2.75) is 6.92 Å². The second kappa shape index (κ2) is 4.65. The van der Waals surface area contributed by atoms with Gasteiger partial charge in [-0.2, -0.15) is 4.68 Å². The Morgan fingerprint density at radius 1 is 1.25 bits per heavy atom. The number of pyridine rings is 1. The molecular weight excluding hydrogens is 254 g/mol. The van der Waals surface area contributed by atoms with Gasteiger partial charge in [0.15, 0.2) is 5.82 Å². The molecule has 3 N–H and O–H groups in total. The Kier molecular flexibility index (Phi) is 2.83. The standard InChI is InChI=1S/C14H13N5O/c1-9-4-5-12(20)11(7-9)19-14(15)13(17-18-19)10-3-2-6-16-8-10/h2-8,20H,15H2,1H3. The Labute approximate surface area is 115 Å². The minimum absolute atomic E-state index is 0.102. The van der Waals surface area contributed by atoms with Gasteiger partial charge >= 0.3 is 0 Å². The zero-order valence-corrected chi connectivity index (χ0v) is 10.9. The van der Waals surface area contributed by atoms with Gasteiger partial charge in [-0.3, -0.25) is 4.98 Å². The summed E-state index contributed by atoms with van der Waals surface area (Å²) in [5.41, 5.74) is 8.91. The van der Waals surface area contributed by atoms with Crippen LogP contribution >= 0.6 is 0 Å². The molecule has 2 heterocycles. The maximum Gasteiger partial charge on any atom is 0.156 e. The fourth-order valence-electron chi connectivity index (χ4n) is 1.98. The van der Waals surface area contributed by atoms with Crippen molar-refractivity contribution in [2.75, 3.05) is 5.73 Å². The molecule has 0 amide bonds. The molecule has 0 aliphatic heterocycles. The van der Waals surface area contributed by atoms with E-state index < -0.39 is 0 Å². The molecule has 100 valence electrons.